The summed E-state index contributed by atoms with van der Waals surface area (Å²) in [5.41, 5.74) is 9.03. The molecule has 3 aliphatic rings. The van der Waals surface area contributed by atoms with E-state index in [1.165, 1.54) is 30.5 Å². The Morgan fingerprint density at radius 2 is 1.37 bits per heavy atom. The highest BCUT2D eigenvalue weighted by Crippen LogP contribution is 2.49. The van der Waals surface area contributed by atoms with Crippen LogP contribution in [0, 0.1) is 0 Å². The minimum Gasteiger partial charge on any atom is -0.386 e. The number of aromatic nitrogens is 2. The van der Waals surface area contributed by atoms with Gasteiger partial charge in [-0.25, -0.2) is 13.9 Å². The predicted octanol–water partition coefficient (Wildman–Crippen LogP) is 3.24. The summed E-state index contributed by atoms with van der Waals surface area (Å²) >= 11 is 0. The number of rotatable bonds is 37. The van der Waals surface area contributed by atoms with Crippen molar-refractivity contribution in [2.24, 2.45) is 0 Å². The van der Waals surface area contributed by atoms with Gasteiger partial charge in [-0.2, -0.15) is 26.4 Å². The zero-order valence-corrected chi connectivity index (χ0v) is 54.0. The molecule has 1 saturated heterocycles. The van der Waals surface area contributed by atoms with Crippen LogP contribution in [-0.2, 0) is 88.9 Å². The highest BCUT2D eigenvalue weighted by Gasteiger charge is 2.50. The summed E-state index contributed by atoms with van der Waals surface area (Å²) in [6.07, 6.45) is 6.69. The molecule has 1 unspecified atom stereocenters. The van der Waals surface area contributed by atoms with Crippen LogP contribution in [0.5, 0.6) is 0 Å². The van der Waals surface area contributed by atoms with Gasteiger partial charge < -0.3 is 69.6 Å². The van der Waals surface area contributed by atoms with Gasteiger partial charge in [0.2, 0.25) is 17.5 Å². The maximum atomic E-state index is 12.7. The third kappa shape index (κ3) is 20.8. The molecule has 1 fully saturated rings. The fourth-order valence-electron chi connectivity index (χ4n) is 10.6. The van der Waals surface area contributed by atoms with Crippen molar-refractivity contribution in [1.82, 2.24) is 20.2 Å². The molecule has 500 valence electrons. The first kappa shape index (κ1) is 73.6. The standard InChI is InChI=1S/C56H81N7O23P2S2/c1-6-61-43-20-18-39(89(74,75)76)34-41(43)55(2,3)46(61)15-9-7-10-16-47-56(4,5)42-35-40(90(77,78)79)19-21-44(42)62(47)25-12-8-11-17-48(64)59-24-27-81-29-31-83-33-32-82-30-28-80-26-22-49(65)58-23-13-14-38-36-63(54(67)60-52(38)57)53-50(66)51(86-88(71,72)73)45(85-53)37-84-87(68,69)70/h7,9-10,15-16,18-21,34-36,45,50-51,53,66H,6,8,11-14,17,22-33,37H2,1-5H3,(H9-,57,58,59,60,64,65,67,68,69,70,71,72,73,74,75,76,77,78,79)/p+1/t45-,50?,51+,53-/m1/s1. The molecular weight excluding hydrogens is 1260 g/mol. The number of hydrogen-bond acceptors (Lipinski definition) is 20. The van der Waals surface area contributed by atoms with Crippen molar-refractivity contribution in [2.75, 3.05) is 96.3 Å². The average Bonchev–Trinajstić information content (AvgIpc) is 1.88. The van der Waals surface area contributed by atoms with Gasteiger partial charge in [-0.3, -0.25) is 32.3 Å². The zero-order valence-electron chi connectivity index (χ0n) is 50.6. The normalized spacial score (nSPS) is 19.6. The number of nitrogen functional groups attached to an aromatic ring is 1. The zero-order chi connectivity index (χ0) is 66.2. The second kappa shape index (κ2) is 32.4. The second-order valence-corrected chi connectivity index (χ2v) is 27.5. The molecule has 2 amide bonds. The van der Waals surface area contributed by atoms with E-state index in [1.807, 2.05) is 65.0 Å². The smallest absolute Gasteiger partial charge is 0.386 e. The van der Waals surface area contributed by atoms with Crippen LogP contribution in [0.4, 0.5) is 17.2 Å². The molecule has 11 N–H and O–H groups in total. The fourth-order valence-corrected chi connectivity index (χ4v) is 12.5. The molecule has 2 aromatic carbocycles. The Bertz CT molecular complexity index is 3530. The van der Waals surface area contributed by atoms with Crippen molar-refractivity contribution < 1.29 is 107 Å². The third-order valence-corrected chi connectivity index (χ3v) is 17.8. The number of ether oxygens (including phenoxy) is 5. The maximum absolute atomic E-state index is 12.7. The molecule has 4 heterocycles. The highest BCUT2D eigenvalue weighted by atomic mass is 32.2. The van der Waals surface area contributed by atoms with Crippen LogP contribution in [0.2, 0.25) is 0 Å². The Morgan fingerprint density at radius 1 is 0.767 bits per heavy atom. The van der Waals surface area contributed by atoms with E-state index in [-0.39, 0.29) is 72.2 Å². The molecule has 0 aliphatic carbocycles. The van der Waals surface area contributed by atoms with Gasteiger partial charge in [0.05, 0.1) is 74.7 Å². The Labute approximate surface area is 522 Å². The van der Waals surface area contributed by atoms with Crippen LogP contribution in [-0.4, -0.2) is 186 Å². The molecule has 1 aromatic heterocycles. The summed E-state index contributed by atoms with van der Waals surface area (Å²) in [5, 5.41) is 16.4. The predicted molar refractivity (Wildman–Crippen MR) is 326 cm³/mol. The van der Waals surface area contributed by atoms with E-state index in [1.54, 1.807) is 12.1 Å². The Kier molecular flexibility index (Phi) is 26.5. The number of aryl methyl sites for hydroxylation is 1. The van der Waals surface area contributed by atoms with Crippen LogP contribution in [0.25, 0.3) is 0 Å². The molecule has 3 aliphatic heterocycles. The number of allylic oxidation sites excluding steroid dienone is 6. The summed E-state index contributed by atoms with van der Waals surface area (Å²) in [7, 11) is -19.2. The number of nitrogens with zero attached hydrogens (tertiary/aromatic N) is 4. The quantitative estimate of drug-likeness (QED) is 0.0130. The lowest BCUT2D eigenvalue weighted by atomic mass is 9.81. The molecular formula is C56H82N7O23P2S2+. The number of fused-ring (bicyclic) bond motifs is 2. The van der Waals surface area contributed by atoms with Gasteiger partial charge in [-0.15, -0.1) is 0 Å². The van der Waals surface area contributed by atoms with Crippen LogP contribution in [0.1, 0.15) is 96.1 Å². The molecule has 4 atom stereocenters. The first-order valence-corrected chi connectivity index (χ1v) is 34.9. The number of likely N-dealkylation sites (N-methyl/N-ethyl adjacent to an activating group) is 1. The number of nitrogens with two attached hydrogens (primary N) is 1. The number of aliphatic hydroxyl groups excluding tert-OH is 1. The van der Waals surface area contributed by atoms with Gasteiger partial charge in [0.1, 0.15) is 30.7 Å². The summed E-state index contributed by atoms with van der Waals surface area (Å²) in [6.45, 7) is 12.9. The SMILES string of the molecule is CCN1C(=CC=CC=CC2=[N+](CCCCCC(=O)NCCOCCOCCOCCOCCC(=O)NCCCc3cn([C@@H]4O[C@H](COP(=O)(O)O)[C@H](OP(=O)(O)O)C4O)c(=O)nc3N)c3ccc(S(=O)(=O)O)cc3C2(C)C)C(C)(C)c2cc(S(=O)(=O)O)ccc21. The Morgan fingerprint density at radius 3 is 1.99 bits per heavy atom. The molecule has 90 heavy (non-hydrogen) atoms. The number of phosphoric acid groups is 2. The number of carbonyl (C=O) groups excluding carboxylic acids is 2. The van der Waals surface area contributed by atoms with Crippen molar-refractivity contribution in [3.63, 3.8) is 0 Å². The maximum Gasteiger partial charge on any atom is 0.470 e. The van der Waals surface area contributed by atoms with Crippen molar-refractivity contribution >= 4 is 70.6 Å². The minimum atomic E-state index is -5.27. The molecule has 0 radical (unpaired) electrons. The lowest BCUT2D eigenvalue weighted by Gasteiger charge is -2.25. The number of anilines is 2. The average molecular weight is 1350 g/mol. The van der Waals surface area contributed by atoms with Crippen LogP contribution < -0.4 is 27.0 Å². The van der Waals surface area contributed by atoms with Crippen LogP contribution in [0.15, 0.2) is 93.3 Å². The van der Waals surface area contributed by atoms with E-state index in [9.17, 15) is 64.3 Å². The summed E-state index contributed by atoms with van der Waals surface area (Å²) < 4.78 is 130. The highest BCUT2D eigenvalue weighted by molar-refractivity contribution is 7.86. The number of nitrogens with one attached hydrogen (secondary N) is 2. The third-order valence-electron chi connectivity index (χ3n) is 15.1. The summed E-state index contributed by atoms with van der Waals surface area (Å²) in [4.78, 5) is 80.0. The molecule has 0 spiro atoms. The minimum absolute atomic E-state index is 0.0556. The number of unbranched alkanes of at least 4 members (excludes halogenated alkanes) is 2. The summed E-state index contributed by atoms with van der Waals surface area (Å²) in [5.74, 6) is -0.574. The Hall–Kier alpha value is -5.45. The molecule has 0 bridgehead atoms. The molecule has 6 rings (SSSR count). The number of hydrogen-bond donors (Lipinski definition) is 10. The van der Waals surface area contributed by atoms with E-state index in [0.717, 1.165) is 51.3 Å². The number of phosphoric ester groups is 2. The van der Waals surface area contributed by atoms with Gasteiger partial charge in [0.15, 0.2) is 11.9 Å². The first-order valence-electron chi connectivity index (χ1n) is 29.0. The largest absolute Gasteiger partial charge is 0.470 e. The monoisotopic (exact) mass is 1350 g/mol. The number of carbonyl (C=O) groups is 2. The topological polar surface area (TPSA) is 434 Å². The molecule has 34 heteroatoms. The van der Waals surface area contributed by atoms with E-state index < -0.39 is 83.5 Å². The van der Waals surface area contributed by atoms with Crippen molar-refractivity contribution in [2.45, 2.75) is 125 Å². The fraction of sp³-hybridized carbons (Fsp3) is 0.554. The van der Waals surface area contributed by atoms with E-state index in [2.05, 4.69) is 34.1 Å². The molecule has 30 nitrogen and oxygen atoms in total. The van der Waals surface area contributed by atoms with Gasteiger partial charge in [0, 0.05) is 85.2 Å². The first-order chi connectivity index (χ1) is 42.2. The lowest BCUT2D eigenvalue weighted by molar-refractivity contribution is -0.438. The van der Waals surface area contributed by atoms with Crippen molar-refractivity contribution in [1.29, 1.82) is 0 Å². The van der Waals surface area contributed by atoms with Crippen molar-refractivity contribution in [3.05, 3.63) is 106 Å². The van der Waals surface area contributed by atoms with Gasteiger partial charge in [-0.1, -0.05) is 32.1 Å². The van der Waals surface area contributed by atoms with E-state index in [4.69, 9.17) is 39.2 Å². The molecule has 3 aromatic rings. The van der Waals surface area contributed by atoms with E-state index >= 15 is 0 Å². The summed E-state index contributed by atoms with van der Waals surface area (Å²) in [6, 6.07) is 9.21. The van der Waals surface area contributed by atoms with Gasteiger partial charge in [0.25, 0.3) is 20.2 Å². The molecule has 0 saturated carbocycles. The van der Waals surface area contributed by atoms with Gasteiger partial charge >= 0.3 is 21.3 Å². The lowest BCUT2D eigenvalue weighted by Crippen LogP contribution is -2.38. The second-order valence-electron chi connectivity index (χ2n) is 22.2. The number of aliphatic hydroxyl groups is 1. The number of benzene rings is 2. The van der Waals surface area contributed by atoms with Crippen LogP contribution >= 0.6 is 15.6 Å². The van der Waals surface area contributed by atoms with E-state index in [0.29, 0.717) is 71.9 Å². The van der Waals surface area contributed by atoms with Crippen molar-refractivity contribution in [3.8, 4) is 0 Å². The van der Waals surface area contributed by atoms with Crippen LogP contribution in [0.3, 0.4) is 0 Å². The Balaban J connectivity index is 0.810. The van der Waals surface area contributed by atoms with Gasteiger partial charge in [-0.05, 0) is 88.4 Å². The number of amides is 2.